The van der Waals surface area contributed by atoms with E-state index in [0.29, 0.717) is 23.1 Å². The van der Waals surface area contributed by atoms with Crippen molar-refractivity contribution in [2.75, 3.05) is 11.4 Å². The predicted octanol–water partition coefficient (Wildman–Crippen LogP) is 4.85. The molecule has 1 heterocycles. The first-order chi connectivity index (χ1) is 15.3. The monoisotopic (exact) mass is 445 g/mol. The molecule has 1 aliphatic rings. The van der Waals surface area contributed by atoms with Gasteiger partial charge in [0.25, 0.3) is 5.91 Å². The van der Waals surface area contributed by atoms with Crippen molar-refractivity contribution >= 4 is 29.3 Å². The molecule has 1 saturated heterocycles. The molecule has 2 aromatic rings. The Balaban J connectivity index is 2.03. The third kappa shape index (κ3) is 5.12. The molecular weight excluding hydrogens is 418 g/mol. The lowest BCUT2D eigenvalue weighted by Crippen LogP contribution is -2.32. The van der Waals surface area contributed by atoms with Crippen LogP contribution in [-0.2, 0) is 16.0 Å². The maximum Gasteiger partial charge on any atom is 0.264 e. The van der Waals surface area contributed by atoms with Gasteiger partial charge < -0.3 is 5.32 Å². The molecule has 0 aromatic heterocycles. The zero-order valence-corrected chi connectivity index (χ0v) is 19.4. The average molecular weight is 446 g/mol. The van der Waals surface area contributed by atoms with Gasteiger partial charge in [-0.2, -0.15) is 5.26 Å². The SMILES string of the molecule is C=CCNC(=O)/C(C#N)=C1\SC(Cc2cccc(C)c2)C(=O)N1c1ccc(C(C)C)cc1. The zero-order valence-electron chi connectivity index (χ0n) is 18.6. The first-order valence-corrected chi connectivity index (χ1v) is 11.4. The molecule has 0 radical (unpaired) electrons. The Hall–Kier alpha value is -3.30. The van der Waals surface area contributed by atoms with Gasteiger partial charge in [-0.25, -0.2) is 0 Å². The first kappa shape index (κ1) is 23.4. The van der Waals surface area contributed by atoms with Crippen molar-refractivity contribution < 1.29 is 9.59 Å². The Morgan fingerprint density at radius 3 is 2.59 bits per heavy atom. The molecule has 0 spiro atoms. The molecule has 1 N–H and O–H groups in total. The highest BCUT2D eigenvalue weighted by atomic mass is 32.2. The van der Waals surface area contributed by atoms with Crippen LogP contribution in [0, 0.1) is 18.3 Å². The van der Waals surface area contributed by atoms with E-state index in [1.54, 1.807) is 6.08 Å². The summed E-state index contributed by atoms with van der Waals surface area (Å²) in [5.41, 5.74) is 3.90. The molecule has 3 rings (SSSR count). The van der Waals surface area contributed by atoms with Gasteiger partial charge in [0.2, 0.25) is 5.91 Å². The van der Waals surface area contributed by atoms with Gasteiger partial charge in [0, 0.05) is 12.2 Å². The van der Waals surface area contributed by atoms with Crippen molar-refractivity contribution in [1.82, 2.24) is 5.32 Å². The highest BCUT2D eigenvalue weighted by Gasteiger charge is 2.40. The van der Waals surface area contributed by atoms with Crippen molar-refractivity contribution in [3.8, 4) is 6.07 Å². The number of nitrogens with one attached hydrogen (secondary N) is 1. The number of hydrogen-bond donors (Lipinski definition) is 1. The minimum absolute atomic E-state index is 0.0649. The largest absolute Gasteiger partial charge is 0.348 e. The summed E-state index contributed by atoms with van der Waals surface area (Å²) in [5.74, 6) is -0.285. The Morgan fingerprint density at radius 1 is 1.28 bits per heavy atom. The van der Waals surface area contributed by atoms with E-state index >= 15 is 0 Å². The number of thioether (sulfide) groups is 1. The summed E-state index contributed by atoms with van der Waals surface area (Å²) in [7, 11) is 0. The lowest BCUT2D eigenvalue weighted by atomic mass is 10.0. The number of amides is 2. The fourth-order valence-corrected chi connectivity index (χ4v) is 4.85. The Kier molecular flexibility index (Phi) is 7.55. The van der Waals surface area contributed by atoms with E-state index in [1.165, 1.54) is 16.7 Å². The lowest BCUT2D eigenvalue weighted by Gasteiger charge is -2.19. The van der Waals surface area contributed by atoms with Crippen LogP contribution in [0.15, 0.2) is 71.8 Å². The van der Waals surface area contributed by atoms with E-state index in [-0.39, 0.29) is 18.0 Å². The van der Waals surface area contributed by atoms with Crippen LogP contribution in [0.2, 0.25) is 0 Å². The molecule has 164 valence electrons. The van der Waals surface area contributed by atoms with E-state index in [2.05, 4.69) is 31.8 Å². The molecule has 5 nitrogen and oxygen atoms in total. The maximum absolute atomic E-state index is 13.5. The normalized spacial score (nSPS) is 17.3. The fourth-order valence-electron chi connectivity index (χ4n) is 3.54. The summed E-state index contributed by atoms with van der Waals surface area (Å²) < 4.78 is 0. The number of benzene rings is 2. The molecular formula is C26H27N3O2S. The van der Waals surface area contributed by atoms with Crippen LogP contribution in [0.1, 0.15) is 36.5 Å². The third-order valence-corrected chi connectivity index (χ3v) is 6.50. The standard InChI is InChI=1S/C26H27N3O2S/c1-5-13-28-24(30)22(16-27)26-29(21-11-9-20(10-12-21)17(2)3)25(31)23(32-26)15-19-8-6-7-18(4)14-19/h5-12,14,17,23H,1,13,15H2,2-4H3,(H,28,30)/b26-22-. The van der Waals surface area contributed by atoms with Gasteiger partial charge in [-0.05, 0) is 42.5 Å². The highest BCUT2D eigenvalue weighted by molar-refractivity contribution is 8.05. The summed E-state index contributed by atoms with van der Waals surface area (Å²) in [5, 5.41) is 12.4. The summed E-state index contributed by atoms with van der Waals surface area (Å²) in [6, 6.07) is 17.8. The predicted molar refractivity (Wildman–Crippen MR) is 130 cm³/mol. The van der Waals surface area contributed by atoms with E-state index in [9.17, 15) is 14.9 Å². The number of hydrogen-bond acceptors (Lipinski definition) is 4. The van der Waals surface area contributed by atoms with Crippen molar-refractivity contribution in [3.63, 3.8) is 0 Å². The Labute approximate surface area is 193 Å². The molecule has 0 bridgehead atoms. The molecule has 0 saturated carbocycles. The summed E-state index contributed by atoms with van der Waals surface area (Å²) in [6.45, 7) is 10.1. The van der Waals surface area contributed by atoms with Crippen molar-refractivity contribution in [3.05, 3.63) is 88.5 Å². The molecule has 6 heteroatoms. The van der Waals surface area contributed by atoms with Crippen LogP contribution in [0.25, 0.3) is 0 Å². The van der Waals surface area contributed by atoms with Gasteiger partial charge in [0.05, 0.1) is 5.25 Å². The number of anilines is 1. The molecule has 0 aliphatic carbocycles. The van der Waals surface area contributed by atoms with E-state index in [1.807, 2.05) is 55.5 Å². The second-order valence-corrected chi connectivity index (χ2v) is 9.20. The number of rotatable bonds is 7. The van der Waals surface area contributed by atoms with Crippen molar-refractivity contribution in [1.29, 1.82) is 5.26 Å². The minimum Gasteiger partial charge on any atom is -0.348 e. The van der Waals surface area contributed by atoms with Crippen molar-refractivity contribution in [2.24, 2.45) is 0 Å². The number of nitrogens with zero attached hydrogens (tertiary/aromatic N) is 2. The summed E-state index contributed by atoms with van der Waals surface area (Å²) in [4.78, 5) is 27.7. The molecule has 1 atom stereocenters. The molecule has 1 fully saturated rings. The second-order valence-electron chi connectivity index (χ2n) is 8.01. The van der Waals surface area contributed by atoms with Crippen LogP contribution >= 0.6 is 11.8 Å². The van der Waals surface area contributed by atoms with Crippen LogP contribution in [0.5, 0.6) is 0 Å². The average Bonchev–Trinajstić information content (AvgIpc) is 3.08. The first-order valence-electron chi connectivity index (χ1n) is 10.5. The molecule has 1 unspecified atom stereocenters. The van der Waals surface area contributed by atoms with Gasteiger partial charge in [-0.15, -0.1) is 6.58 Å². The van der Waals surface area contributed by atoms with Gasteiger partial charge in [-0.3, -0.25) is 14.5 Å². The second kappa shape index (κ2) is 10.3. The minimum atomic E-state index is -0.511. The summed E-state index contributed by atoms with van der Waals surface area (Å²) >= 11 is 1.27. The molecule has 32 heavy (non-hydrogen) atoms. The lowest BCUT2D eigenvalue weighted by molar-refractivity contribution is -0.117. The number of carbonyl (C=O) groups excluding carboxylic acids is 2. The van der Waals surface area contributed by atoms with E-state index in [0.717, 1.165) is 16.7 Å². The Bertz CT molecular complexity index is 1100. The van der Waals surface area contributed by atoms with E-state index in [4.69, 9.17) is 0 Å². The topological polar surface area (TPSA) is 73.2 Å². The van der Waals surface area contributed by atoms with Gasteiger partial charge in [0.1, 0.15) is 16.7 Å². The van der Waals surface area contributed by atoms with Crippen LogP contribution < -0.4 is 10.2 Å². The van der Waals surface area contributed by atoms with Crippen LogP contribution in [0.4, 0.5) is 5.69 Å². The highest BCUT2D eigenvalue weighted by Crippen LogP contribution is 2.42. The van der Waals surface area contributed by atoms with Gasteiger partial charge >= 0.3 is 0 Å². The quantitative estimate of drug-likeness (QED) is 0.376. The molecule has 1 aliphatic heterocycles. The number of aryl methyl sites for hydroxylation is 1. The third-order valence-electron chi connectivity index (χ3n) is 5.23. The van der Waals surface area contributed by atoms with Crippen LogP contribution in [0.3, 0.4) is 0 Å². The van der Waals surface area contributed by atoms with E-state index < -0.39 is 11.2 Å². The van der Waals surface area contributed by atoms with Gasteiger partial charge in [0.15, 0.2) is 0 Å². The molecule has 2 amide bonds. The zero-order chi connectivity index (χ0) is 23.3. The van der Waals surface area contributed by atoms with Gasteiger partial charge in [-0.1, -0.05) is 73.6 Å². The Morgan fingerprint density at radius 2 is 2.00 bits per heavy atom. The summed E-state index contributed by atoms with van der Waals surface area (Å²) in [6.07, 6.45) is 2.07. The smallest absolute Gasteiger partial charge is 0.264 e. The van der Waals surface area contributed by atoms with Crippen molar-refractivity contribution in [2.45, 2.75) is 38.4 Å². The maximum atomic E-state index is 13.5. The van der Waals surface area contributed by atoms with Crippen LogP contribution in [-0.4, -0.2) is 23.6 Å². The fraction of sp³-hybridized carbons (Fsp3) is 0.269. The number of nitriles is 1. The number of carbonyl (C=O) groups is 2. The molecule has 2 aromatic carbocycles.